The van der Waals surface area contributed by atoms with Crippen molar-refractivity contribution in [1.82, 2.24) is 5.32 Å². The van der Waals surface area contributed by atoms with Gasteiger partial charge in [0.15, 0.2) is 0 Å². The van der Waals surface area contributed by atoms with Crippen LogP contribution in [0.2, 0.25) is 0 Å². The number of rotatable bonds is 5. The number of nitrogens with one attached hydrogen (secondary N) is 1. The third-order valence-corrected chi connectivity index (χ3v) is 4.68. The molecule has 4 N–H and O–H groups in total. The summed E-state index contributed by atoms with van der Waals surface area (Å²) in [5, 5.41) is 15.3. The zero-order valence-corrected chi connectivity index (χ0v) is 10.4. The molecule has 0 aromatic rings. The van der Waals surface area contributed by atoms with Gasteiger partial charge in [-0.1, -0.05) is 5.16 Å². The van der Waals surface area contributed by atoms with Gasteiger partial charge in [-0.3, -0.25) is 0 Å². The second kappa shape index (κ2) is 5.27. The third kappa shape index (κ3) is 3.28. The van der Waals surface area contributed by atoms with Crippen LogP contribution in [-0.4, -0.2) is 35.1 Å². The van der Waals surface area contributed by atoms with Crippen LogP contribution in [0.5, 0.6) is 0 Å². The van der Waals surface area contributed by atoms with Crippen molar-refractivity contribution < 1.29 is 5.21 Å². The van der Waals surface area contributed by atoms with Crippen molar-refractivity contribution >= 4 is 17.6 Å². The van der Waals surface area contributed by atoms with Gasteiger partial charge in [-0.25, -0.2) is 0 Å². The predicted molar refractivity (Wildman–Crippen MR) is 68.0 cm³/mol. The largest absolute Gasteiger partial charge is 0.409 e. The zero-order chi connectivity index (χ0) is 11.4. The van der Waals surface area contributed by atoms with E-state index in [-0.39, 0.29) is 0 Å². The summed E-state index contributed by atoms with van der Waals surface area (Å²) in [6.07, 6.45) is 5.71. The average Bonchev–Trinajstić information content (AvgIpc) is 3.08. The van der Waals surface area contributed by atoms with Gasteiger partial charge in [0.2, 0.25) is 0 Å². The lowest BCUT2D eigenvalue weighted by molar-refractivity contribution is 0.313. The summed E-state index contributed by atoms with van der Waals surface area (Å²) in [6, 6.07) is 0.686. The van der Waals surface area contributed by atoms with Gasteiger partial charge in [0.1, 0.15) is 5.84 Å². The molecule has 1 saturated heterocycles. The minimum atomic E-state index is 0.293. The van der Waals surface area contributed by atoms with Crippen LogP contribution in [-0.2, 0) is 0 Å². The molecule has 0 aromatic carbocycles. The molecule has 0 atom stereocenters. The van der Waals surface area contributed by atoms with Crippen molar-refractivity contribution in [3.8, 4) is 0 Å². The first-order valence-corrected chi connectivity index (χ1v) is 7.17. The van der Waals surface area contributed by atoms with Crippen LogP contribution < -0.4 is 11.1 Å². The lowest BCUT2D eigenvalue weighted by Crippen LogP contribution is -2.37. The molecule has 0 radical (unpaired) electrons. The molecule has 16 heavy (non-hydrogen) atoms. The summed E-state index contributed by atoms with van der Waals surface area (Å²) in [5.41, 5.74) is 5.87. The molecular formula is C11H21N3OS. The number of hydrogen-bond acceptors (Lipinski definition) is 4. The Labute approximate surface area is 101 Å². The van der Waals surface area contributed by atoms with Crippen LogP contribution in [0.3, 0.4) is 0 Å². The smallest absolute Gasteiger partial charge is 0.139 e. The first-order chi connectivity index (χ1) is 7.74. The fraction of sp³-hybridized carbons (Fsp3) is 0.909. The van der Waals surface area contributed by atoms with Crippen LogP contribution in [0.1, 0.15) is 32.1 Å². The fourth-order valence-corrected chi connectivity index (χ4v) is 3.38. The number of thioether (sulfide) groups is 1. The fourth-order valence-electron chi connectivity index (χ4n) is 2.27. The Morgan fingerprint density at radius 3 is 2.69 bits per heavy atom. The van der Waals surface area contributed by atoms with Gasteiger partial charge in [0.25, 0.3) is 0 Å². The predicted octanol–water partition coefficient (Wildman–Crippen LogP) is 1.39. The average molecular weight is 243 g/mol. The monoisotopic (exact) mass is 243 g/mol. The Hall–Kier alpha value is -0.420. The minimum Gasteiger partial charge on any atom is -0.409 e. The number of hydrogen-bond donors (Lipinski definition) is 3. The first-order valence-electron chi connectivity index (χ1n) is 6.02. The molecule has 1 saturated carbocycles. The molecule has 0 aromatic heterocycles. The van der Waals surface area contributed by atoms with Gasteiger partial charge in [0.05, 0.1) is 0 Å². The Morgan fingerprint density at radius 1 is 1.44 bits per heavy atom. The van der Waals surface area contributed by atoms with Crippen molar-refractivity contribution in [2.24, 2.45) is 16.3 Å². The van der Waals surface area contributed by atoms with E-state index < -0.39 is 0 Å². The molecule has 2 rings (SSSR count). The Morgan fingerprint density at radius 2 is 2.12 bits per heavy atom. The molecule has 2 aliphatic rings. The number of nitrogens with zero attached hydrogens (tertiary/aromatic N) is 1. The van der Waals surface area contributed by atoms with Gasteiger partial charge in [0, 0.05) is 19.0 Å². The third-order valence-electron chi connectivity index (χ3n) is 3.63. The first kappa shape index (κ1) is 12.0. The maximum Gasteiger partial charge on any atom is 0.139 e. The number of nitrogens with two attached hydrogens (primary N) is 1. The molecule has 92 valence electrons. The summed E-state index contributed by atoms with van der Waals surface area (Å²) >= 11 is 2.05. The van der Waals surface area contributed by atoms with Gasteiger partial charge in [-0.15, -0.1) is 0 Å². The van der Waals surface area contributed by atoms with Crippen molar-refractivity contribution in [2.75, 3.05) is 18.1 Å². The highest BCUT2D eigenvalue weighted by molar-refractivity contribution is 7.99. The normalized spacial score (nSPS) is 25.6. The summed E-state index contributed by atoms with van der Waals surface area (Å²) in [4.78, 5) is 0. The van der Waals surface area contributed by atoms with E-state index >= 15 is 0 Å². The minimum absolute atomic E-state index is 0.293. The number of oxime groups is 1. The number of amidine groups is 1. The van der Waals surface area contributed by atoms with Crippen molar-refractivity contribution in [1.29, 1.82) is 0 Å². The molecule has 0 bridgehead atoms. The van der Waals surface area contributed by atoms with E-state index in [9.17, 15) is 0 Å². The summed E-state index contributed by atoms with van der Waals surface area (Å²) in [7, 11) is 0. The Kier molecular flexibility index (Phi) is 3.97. The molecule has 1 heterocycles. The van der Waals surface area contributed by atoms with Crippen LogP contribution in [0.15, 0.2) is 5.16 Å². The van der Waals surface area contributed by atoms with E-state index in [1.807, 2.05) is 11.8 Å². The molecule has 1 aliphatic heterocycles. The van der Waals surface area contributed by atoms with Gasteiger partial charge < -0.3 is 16.3 Å². The van der Waals surface area contributed by atoms with E-state index in [1.54, 1.807) is 0 Å². The van der Waals surface area contributed by atoms with E-state index in [4.69, 9.17) is 10.9 Å². The maximum absolute atomic E-state index is 8.58. The van der Waals surface area contributed by atoms with E-state index in [0.717, 1.165) is 13.0 Å². The highest BCUT2D eigenvalue weighted by atomic mass is 32.2. The van der Waals surface area contributed by atoms with Crippen molar-refractivity contribution in [3.05, 3.63) is 0 Å². The molecule has 1 aliphatic carbocycles. The maximum atomic E-state index is 8.58. The van der Waals surface area contributed by atoms with Crippen LogP contribution >= 0.6 is 11.8 Å². The van der Waals surface area contributed by atoms with Crippen molar-refractivity contribution in [3.63, 3.8) is 0 Å². The SMILES string of the molecule is NC(CC1(CNC2CCSCC2)CC1)=NO. The van der Waals surface area contributed by atoms with E-state index in [1.165, 1.54) is 37.2 Å². The lowest BCUT2D eigenvalue weighted by Gasteiger charge is -2.25. The van der Waals surface area contributed by atoms with Gasteiger partial charge in [-0.2, -0.15) is 11.8 Å². The second-order valence-electron chi connectivity index (χ2n) is 5.04. The molecule has 0 unspecified atom stereocenters. The molecular weight excluding hydrogens is 222 g/mol. The van der Waals surface area contributed by atoms with E-state index in [0.29, 0.717) is 17.3 Å². The highest BCUT2D eigenvalue weighted by Crippen LogP contribution is 2.48. The standard InChI is InChI=1S/C11H21N3OS/c12-10(14-15)7-11(3-4-11)8-13-9-1-5-16-6-2-9/h9,13,15H,1-8H2,(H2,12,14). The van der Waals surface area contributed by atoms with Crippen molar-refractivity contribution in [2.45, 2.75) is 38.1 Å². The Balaban J connectivity index is 1.72. The molecule has 2 fully saturated rings. The van der Waals surface area contributed by atoms with Gasteiger partial charge >= 0.3 is 0 Å². The van der Waals surface area contributed by atoms with Crippen LogP contribution in [0.4, 0.5) is 0 Å². The summed E-state index contributed by atoms with van der Waals surface area (Å²) in [5.74, 6) is 2.94. The highest BCUT2D eigenvalue weighted by Gasteiger charge is 2.43. The van der Waals surface area contributed by atoms with Crippen LogP contribution in [0.25, 0.3) is 0 Å². The van der Waals surface area contributed by atoms with Crippen LogP contribution in [0, 0.1) is 5.41 Å². The quantitative estimate of drug-likeness (QED) is 0.295. The second-order valence-corrected chi connectivity index (χ2v) is 6.26. The van der Waals surface area contributed by atoms with E-state index in [2.05, 4.69) is 10.5 Å². The lowest BCUT2D eigenvalue weighted by atomic mass is 10.0. The van der Waals surface area contributed by atoms with Gasteiger partial charge in [-0.05, 0) is 42.6 Å². The topological polar surface area (TPSA) is 70.6 Å². The molecule has 4 nitrogen and oxygen atoms in total. The molecule has 0 spiro atoms. The molecule has 5 heteroatoms. The zero-order valence-electron chi connectivity index (χ0n) is 9.61. The summed E-state index contributed by atoms with van der Waals surface area (Å²) < 4.78 is 0. The molecule has 0 amide bonds. The Bertz CT molecular complexity index is 260. The summed E-state index contributed by atoms with van der Waals surface area (Å²) in [6.45, 7) is 1.03.